The Balaban J connectivity index is 1.70. The van der Waals surface area contributed by atoms with Crippen LogP contribution in [0.3, 0.4) is 0 Å². The molecule has 3 heterocycles. The Labute approximate surface area is 208 Å². The van der Waals surface area contributed by atoms with E-state index < -0.39 is 0 Å². The Kier molecular flexibility index (Phi) is 6.30. The van der Waals surface area contributed by atoms with Gasteiger partial charge in [-0.1, -0.05) is 18.2 Å². The van der Waals surface area contributed by atoms with Gasteiger partial charge in [0, 0.05) is 16.5 Å². The first-order chi connectivity index (χ1) is 17.0. The smallest absolute Gasteiger partial charge is 0.203 e. The number of ether oxygens (including phenoxy) is 3. The van der Waals surface area contributed by atoms with Crippen LogP contribution in [-0.2, 0) is 0 Å². The molecule has 0 atom stereocenters. The van der Waals surface area contributed by atoms with Crippen molar-refractivity contribution < 1.29 is 14.2 Å². The minimum atomic E-state index is 0.506. The predicted octanol–water partition coefficient (Wildman–Crippen LogP) is 6.49. The maximum atomic E-state index is 5.91. The van der Waals surface area contributed by atoms with Crippen molar-refractivity contribution in [1.82, 2.24) is 19.6 Å². The van der Waals surface area contributed by atoms with Crippen molar-refractivity contribution in [1.29, 1.82) is 0 Å². The Morgan fingerprint density at radius 3 is 2.20 bits per heavy atom. The van der Waals surface area contributed by atoms with E-state index >= 15 is 0 Å². The molecule has 0 amide bonds. The fourth-order valence-corrected chi connectivity index (χ4v) is 5.09. The average molecular weight is 489 g/mol. The number of nitrogens with zero attached hydrogens (tertiary/aromatic N) is 4. The molecule has 0 fully saturated rings. The maximum absolute atomic E-state index is 5.91. The second-order valence-corrected chi connectivity index (χ2v) is 9.05. The molecule has 5 rings (SSSR count). The fraction of sp³-hybridized carbons (Fsp3) is 0.296. The number of rotatable bonds is 8. The van der Waals surface area contributed by atoms with Crippen LogP contribution in [0.2, 0.25) is 0 Å². The van der Waals surface area contributed by atoms with Gasteiger partial charge >= 0.3 is 0 Å². The summed E-state index contributed by atoms with van der Waals surface area (Å²) in [6, 6.07) is 10.4. The Morgan fingerprint density at radius 1 is 0.829 bits per heavy atom. The standard InChI is InChI=1S/C27H28N4O3S/c1-6-32-21-12-19(13-22(33-7-2)24(21)34-8-3)25-29-30-26-23-20(14-35-27(23)28-15-31(25)26)18-10-9-16(4)17(5)11-18/h9-15H,6-8H2,1-5H3. The third-order valence-corrected chi connectivity index (χ3v) is 6.85. The summed E-state index contributed by atoms with van der Waals surface area (Å²) in [5.74, 6) is 2.50. The van der Waals surface area contributed by atoms with Crippen molar-refractivity contribution in [3.05, 3.63) is 53.2 Å². The average Bonchev–Trinajstić information content (AvgIpc) is 3.47. The maximum Gasteiger partial charge on any atom is 0.203 e. The van der Waals surface area contributed by atoms with Crippen molar-refractivity contribution in [2.75, 3.05) is 19.8 Å². The lowest BCUT2D eigenvalue weighted by Gasteiger charge is -2.16. The monoisotopic (exact) mass is 488 g/mol. The zero-order valence-corrected chi connectivity index (χ0v) is 21.4. The molecular weight excluding hydrogens is 460 g/mol. The molecule has 35 heavy (non-hydrogen) atoms. The first-order valence-electron chi connectivity index (χ1n) is 11.8. The minimum absolute atomic E-state index is 0.506. The summed E-state index contributed by atoms with van der Waals surface area (Å²) in [4.78, 5) is 5.66. The van der Waals surface area contributed by atoms with Crippen LogP contribution in [0.4, 0.5) is 0 Å². The molecule has 0 aliphatic rings. The molecule has 0 spiro atoms. The van der Waals surface area contributed by atoms with E-state index in [9.17, 15) is 0 Å². The largest absolute Gasteiger partial charge is 0.490 e. The Morgan fingerprint density at radius 2 is 1.54 bits per heavy atom. The van der Waals surface area contributed by atoms with Gasteiger partial charge in [-0.2, -0.15) is 0 Å². The van der Waals surface area contributed by atoms with Crippen LogP contribution in [0.5, 0.6) is 17.2 Å². The zero-order chi connectivity index (χ0) is 24.5. The van der Waals surface area contributed by atoms with Gasteiger partial charge in [-0.05, 0) is 63.4 Å². The van der Waals surface area contributed by atoms with Crippen molar-refractivity contribution >= 4 is 27.2 Å². The minimum Gasteiger partial charge on any atom is -0.490 e. The van der Waals surface area contributed by atoms with Crippen molar-refractivity contribution in [2.45, 2.75) is 34.6 Å². The molecule has 0 bridgehead atoms. The second kappa shape index (κ2) is 9.54. The van der Waals surface area contributed by atoms with Crippen molar-refractivity contribution in [3.63, 3.8) is 0 Å². The molecule has 0 aliphatic heterocycles. The lowest BCUT2D eigenvalue weighted by Crippen LogP contribution is -2.03. The lowest BCUT2D eigenvalue weighted by molar-refractivity contribution is 0.261. The van der Waals surface area contributed by atoms with Crippen LogP contribution in [0.1, 0.15) is 31.9 Å². The number of aromatic nitrogens is 4. The summed E-state index contributed by atoms with van der Waals surface area (Å²) < 4.78 is 19.6. The van der Waals surface area contributed by atoms with Gasteiger partial charge in [-0.3, -0.25) is 4.40 Å². The van der Waals surface area contributed by atoms with Gasteiger partial charge in [0.05, 0.1) is 25.2 Å². The summed E-state index contributed by atoms with van der Waals surface area (Å²) in [5.41, 5.74) is 6.37. The van der Waals surface area contributed by atoms with Gasteiger partial charge in [0.25, 0.3) is 0 Å². The van der Waals surface area contributed by atoms with E-state index in [-0.39, 0.29) is 0 Å². The van der Waals surface area contributed by atoms with E-state index in [1.54, 1.807) is 17.7 Å². The van der Waals surface area contributed by atoms with Crippen LogP contribution in [0.15, 0.2) is 42.0 Å². The summed E-state index contributed by atoms with van der Waals surface area (Å²) in [5, 5.41) is 12.3. The molecule has 0 saturated carbocycles. The highest BCUT2D eigenvalue weighted by Crippen LogP contribution is 2.42. The van der Waals surface area contributed by atoms with Gasteiger partial charge in [-0.15, -0.1) is 21.5 Å². The van der Waals surface area contributed by atoms with Crippen molar-refractivity contribution in [3.8, 4) is 39.8 Å². The first kappa shape index (κ1) is 23.1. The van der Waals surface area contributed by atoms with Crippen LogP contribution in [0.25, 0.3) is 38.4 Å². The summed E-state index contributed by atoms with van der Waals surface area (Å²) >= 11 is 1.62. The van der Waals surface area contributed by atoms with Crippen molar-refractivity contribution in [2.24, 2.45) is 0 Å². The molecule has 0 aliphatic carbocycles. The quantitative estimate of drug-likeness (QED) is 0.249. The number of benzene rings is 2. The zero-order valence-electron chi connectivity index (χ0n) is 20.6. The number of hydrogen-bond donors (Lipinski definition) is 0. The molecule has 0 radical (unpaired) electrons. The highest BCUT2D eigenvalue weighted by molar-refractivity contribution is 7.17. The van der Waals surface area contributed by atoms with Gasteiger partial charge in [0.2, 0.25) is 5.75 Å². The van der Waals surface area contributed by atoms with E-state index in [1.807, 2.05) is 37.3 Å². The third kappa shape index (κ3) is 4.08. The lowest BCUT2D eigenvalue weighted by atomic mass is 10.0. The summed E-state index contributed by atoms with van der Waals surface area (Å²) in [7, 11) is 0. The predicted molar refractivity (Wildman–Crippen MR) is 140 cm³/mol. The van der Waals surface area contributed by atoms with E-state index in [1.165, 1.54) is 11.1 Å². The molecule has 7 nitrogen and oxygen atoms in total. The molecule has 3 aromatic heterocycles. The van der Waals surface area contributed by atoms with Crippen LogP contribution < -0.4 is 14.2 Å². The number of aryl methyl sites for hydroxylation is 2. The highest BCUT2D eigenvalue weighted by Gasteiger charge is 2.21. The highest BCUT2D eigenvalue weighted by atomic mass is 32.1. The molecule has 180 valence electrons. The molecule has 2 aromatic carbocycles. The number of fused-ring (bicyclic) bond motifs is 3. The second-order valence-electron chi connectivity index (χ2n) is 8.19. The van der Waals surface area contributed by atoms with E-state index in [4.69, 9.17) is 19.2 Å². The normalized spacial score (nSPS) is 11.3. The van der Waals surface area contributed by atoms with E-state index in [0.29, 0.717) is 42.9 Å². The Hall–Kier alpha value is -3.65. The summed E-state index contributed by atoms with van der Waals surface area (Å²) in [6.45, 7) is 11.6. The van der Waals surface area contributed by atoms with Gasteiger partial charge in [0.15, 0.2) is 23.0 Å². The topological polar surface area (TPSA) is 70.8 Å². The fourth-order valence-electron chi connectivity index (χ4n) is 4.18. The Bertz CT molecular complexity index is 1500. The van der Waals surface area contributed by atoms with Crippen LogP contribution in [-0.4, -0.2) is 39.4 Å². The SMILES string of the molecule is CCOc1cc(-c2nnc3c4c(-c5ccc(C)c(C)c5)csc4ncn23)cc(OCC)c1OCC. The van der Waals surface area contributed by atoms with E-state index in [0.717, 1.165) is 32.6 Å². The van der Waals surface area contributed by atoms with Crippen LogP contribution >= 0.6 is 11.3 Å². The van der Waals surface area contributed by atoms with E-state index in [2.05, 4.69) is 47.6 Å². The molecule has 0 N–H and O–H groups in total. The van der Waals surface area contributed by atoms with Crippen LogP contribution in [0, 0.1) is 13.8 Å². The number of hydrogen-bond acceptors (Lipinski definition) is 7. The first-order valence-corrected chi connectivity index (χ1v) is 12.7. The molecule has 8 heteroatoms. The molecular formula is C27H28N4O3S. The number of thiophene rings is 1. The van der Waals surface area contributed by atoms with Gasteiger partial charge in [0.1, 0.15) is 11.2 Å². The summed E-state index contributed by atoms with van der Waals surface area (Å²) in [6.07, 6.45) is 1.78. The molecule has 0 unspecified atom stereocenters. The van der Waals surface area contributed by atoms with Gasteiger partial charge < -0.3 is 14.2 Å². The molecule has 0 saturated heterocycles. The van der Waals surface area contributed by atoms with Gasteiger partial charge in [-0.25, -0.2) is 4.98 Å². The molecule has 5 aromatic rings. The third-order valence-electron chi connectivity index (χ3n) is 5.97.